The third-order valence-electron chi connectivity index (χ3n) is 5.76. The number of carboxylic acid groups (broad SMARTS) is 1. The number of benzene rings is 1. The van der Waals surface area contributed by atoms with Crippen LogP contribution in [0.5, 0.6) is 0 Å². The van der Waals surface area contributed by atoms with E-state index in [0.29, 0.717) is 23.3 Å². The minimum absolute atomic E-state index is 0.0727. The highest BCUT2D eigenvalue weighted by atomic mass is 16.4. The molecule has 0 spiro atoms. The number of carbonyl (C=O) groups excluding carboxylic acids is 1. The molecule has 154 valence electrons. The maximum atomic E-state index is 12.5. The van der Waals surface area contributed by atoms with E-state index in [0.717, 1.165) is 24.9 Å². The van der Waals surface area contributed by atoms with Gasteiger partial charge >= 0.3 is 5.97 Å². The summed E-state index contributed by atoms with van der Waals surface area (Å²) in [5, 5.41) is 12.2. The van der Waals surface area contributed by atoms with Crippen molar-refractivity contribution in [2.45, 2.75) is 51.1 Å². The first kappa shape index (κ1) is 19.6. The van der Waals surface area contributed by atoms with Gasteiger partial charge in [0, 0.05) is 24.2 Å². The number of hydrogen-bond acceptors (Lipinski definition) is 5. The normalized spacial score (nSPS) is 21.0. The molecule has 2 N–H and O–H groups in total. The molecule has 0 bridgehead atoms. The van der Waals surface area contributed by atoms with Crippen LogP contribution in [0.2, 0.25) is 0 Å². The van der Waals surface area contributed by atoms with Gasteiger partial charge in [0.15, 0.2) is 0 Å². The summed E-state index contributed by atoms with van der Waals surface area (Å²) in [6, 6.07) is 9.97. The van der Waals surface area contributed by atoms with E-state index in [1.165, 1.54) is 12.8 Å². The molecule has 1 aromatic heterocycles. The van der Waals surface area contributed by atoms with Gasteiger partial charge in [0.2, 0.25) is 11.8 Å². The highest BCUT2D eigenvalue weighted by Crippen LogP contribution is 2.33. The zero-order valence-electron chi connectivity index (χ0n) is 16.6. The molecule has 29 heavy (non-hydrogen) atoms. The third-order valence-corrected chi connectivity index (χ3v) is 5.76. The number of aromatic nitrogens is 1. The minimum atomic E-state index is -0.783. The van der Waals surface area contributed by atoms with Gasteiger partial charge in [-0.1, -0.05) is 18.2 Å². The van der Waals surface area contributed by atoms with Crippen molar-refractivity contribution >= 4 is 11.9 Å². The monoisotopic (exact) mass is 397 g/mol. The second-order valence-electron chi connectivity index (χ2n) is 8.22. The first-order chi connectivity index (χ1) is 14.0. The lowest BCUT2D eigenvalue weighted by atomic mass is 9.85. The molecule has 0 radical (unpaired) electrons. The van der Waals surface area contributed by atoms with Crippen molar-refractivity contribution in [1.29, 1.82) is 0 Å². The molecule has 0 unspecified atom stereocenters. The number of amides is 1. The standard InChI is InChI=1S/C22H27N3O4/c1-14-19(24-22(29-14)16-5-3-2-4-6-16)11-20(26)23-17-9-18(10-17)25(13-21(27)28)12-15-7-8-15/h2-6,15,17-18H,7-13H2,1H3,(H,23,26)(H,27,28). The van der Waals surface area contributed by atoms with E-state index >= 15 is 0 Å². The maximum Gasteiger partial charge on any atom is 0.317 e. The largest absolute Gasteiger partial charge is 0.480 e. The number of hydrogen-bond donors (Lipinski definition) is 2. The molecule has 4 rings (SSSR count). The van der Waals surface area contributed by atoms with Crippen molar-refractivity contribution in [3.05, 3.63) is 41.8 Å². The molecule has 2 aromatic rings. The van der Waals surface area contributed by atoms with E-state index < -0.39 is 5.97 Å². The van der Waals surface area contributed by atoms with Gasteiger partial charge in [-0.25, -0.2) is 4.98 Å². The Hall–Kier alpha value is -2.67. The Balaban J connectivity index is 1.27. The van der Waals surface area contributed by atoms with Crippen molar-refractivity contribution in [3.8, 4) is 11.5 Å². The fourth-order valence-electron chi connectivity index (χ4n) is 3.88. The molecule has 1 amide bonds. The van der Waals surface area contributed by atoms with Crippen molar-refractivity contribution in [2.75, 3.05) is 13.1 Å². The Bertz CT molecular complexity index is 869. The zero-order valence-corrected chi connectivity index (χ0v) is 16.6. The lowest BCUT2D eigenvalue weighted by molar-refractivity contribution is -0.140. The Morgan fingerprint density at radius 3 is 2.62 bits per heavy atom. The summed E-state index contributed by atoms with van der Waals surface area (Å²) >= 11 is 0. The predicted octanol–water partition coefficient (Wildman–Crippen LogP) is 2.64. The summed E-state index contributed by atoms with van der Waals surface area (Å²) in [5.74, 6) is 0.976. The van der Waals surface area contributed by atoms with E-state index in [1.807, 2.05) is 37.3 Å². The topological polar surface area (TPSA) is 95.7 Å². The second kappa shape index (κ2) is 8.37. The summed E-state index contributed by atoms with van der Waals surface area (Å²) in [7, 11) is 0. The van der Waals surface area contributed by atoms with Crippen molar-refractivity contribution < 1.29 is 19.1 Å². The van der Waals surface area contributed by atoms with Crippen molar-refractivity contribution in [2.24, 2.45) is 5.92 Å². The summed E-state index contributed by atoms with van der Waals surface area (Å²) in [4.78, 5) is 30.1. The molecule has 0 saturated heterocycles. The average molecular weight is 397 g/mol. The summed E-state index contributed by atoms with van der Waals surface area (Å²) in [6.07, 6.45) is 4.19. The van der Waals surface area contributed by atoms with Gasteiger partial charge in [0.1, 0.15) is 5.76 Å². The molecular weight excluding hydrogens is 370 g/mol. The van der Waals surface area contributed by atoms with Gasteiger partial charge in [-0.05, 0) is 50.7 Å². The van der Waals surface area contributed by atoms with Crippen LogP contribution in [-0.4, -0.2) is 52.0 Å². The fraction of sp³-hybridized carbons (Fsp3) is 0.500. The molecule has 2 aliphatic rings. The van der Waals surface area contributed by atoms with Crippen LogP contribution in [0.4, 0.5) is 0 Å². The number of rotatable bonds is 9. The molecule has 0 aliphatic heterocycles. The number of aryl methyl sites for hydroxylation is 1. The van der Waals surface area contributed by atoms with Gasteiger partial charge in [0.25, 0.3) is 0 Å². The Morgan fingerprint density at radius 2 is 1.97 bits per heavy atom. The lowest BCUT2D eigenvalue weighted by Crippen LogP contribution is -2.55. The highest BCUT2D eigenvalue weighted by Gasteiger charge is 2.37. The first-order valence-corrected chi connectivity index (χ1v) is 10.2. The number of oxazole rings is 1. The molecular formula is C22H27N3O4. The van der Waals surface area contributed by atoms with Crippen LogP contribution in [0, 0.1) is 12.8 Å². The molecule has 1 aromatic carbocycles. The molecule has 2 saturated carbocycles. The lowest BCUT2D eigenvalue weighted by Gasteiger charge is -2.42. The van der Waals surface area contributed by atoms with Crippen LogP contribution >= 0.6 is 0 Å². The number of aliphatic carboxylic acids is 1. The Kier molecular flexibility index (Phi) is 5.67. The summed E-state index contributed by atoms with van der Waals surface area (Å²) < 4.78 is 5.72. The van der Waals surface area contributed by atoms with Crippen LogP contribution in [0.3, 0.4) is 0 Å². The zero-order chi connectivity index (χ0) is 20.4. The van der Waals surface area contributed by atoms with Crippen molar-refractivity contribution in [3.63, 3.8) is 0 Å². The number of carboxylic acids is 1. The van der Waals surface area contributed by atoms with E-state index in [2.05, 4.69) is 15.2 Å². The SMILES string of the molecule is Cc1oc(-c2ccccc2)nc1CC(=O)NC1CC(N(CC(=O)O)CC2CC2)C1. The smallest absolute Gasteiger partial charge is 0.317 e. The molecule has 7 nitrogen and oxygen atoms in total. The second-order valence-corrected chi connectivity index (χ2v) is 8.22. The molecule has 0 atom stereocenters. The van der Waals surface area contributed by atoms with Crippen LogP contribution < -0.4 is 5.32 Å². The molecule has 7 heteroatoms. The third kappa shape index (κ3) is 5.03. The van der Waals surface area contributed by atoms with E-state index in [-0.39, 0.29) is 31.0 Å². The van der Waals surface area contributed by atoms with Gasteiger partial charge < -0.3 is 14.8 Å². The van der Waals surface area contributed by atoms with E-state index in [1.54, 1.807) is 0 Å². The highest BCUT2D eigenvalue weighted by molar-refractivity contribution is 5.79. The number of carbonyl (C=O) groups is 2. The number of nitrogens with one attached hydrogen (secondary N) is 1. The van der Waals surface area contributed by atoms with Crippen LogP contribution in [0.1, 0.15) is 37.1 Å². The first-order valence-electron chi connectivity index (χ1n) is 10.2. The Morgan fingerprint density at radius 1 is 1.24 bits per heavy atom. The van der Waals surface area contributed by atoms with E-state index in [4.69, 9.17) is 9.52 Å². The maximum absolute atomic E-state index is 12.5. The van der Waals surface area contributed by atoms with Gasteiger partial charge in [0.05, 0.1) is 18.7 Å². The van der Waals surface area contributed by atoms with Gasteiger partial charge in [-0.15, -0.1) is 0 Å². The number of nitrogens with zero attached hydrogens (tertiary/aromatic N) is 2. The van der Waals surface area contributed by atoms with Crippen molar-refractivity contribution in [1.82, 2.24) is 15.2 Å². The van der Waals surface area contributed by atoms with Gasteiger partial charge in [-0.2, -0.15) is 0 Å². The Labute approximate surface area is 170 Å². The molecule has 1 heterocycles. The molecule has 2 aliphatic carbocycles. The van der Waals surface area contributed by atoms with Gasteiger partial charge in [-0.3, -0.25) is 14.5 Å². The minimum Gasteiger partial charge on any atom is -0.480 e. The quantitative estimate of drug-likeness (QED) is 0.675. The van der Waals surface area contributed by atoms with Crippen LogP contribution in [0.25, 0.3) is 11.5 Å². The summed E-state index contributed by atoms with van der Waals surface area (Å²) in [6.45, 7) is 2.77. The fourth-order valence-corrected chi connectivity index (χ4v) is 3.88. The van der Waals surface area contributed by atoms with Crippen LogP contribution in [-0.2, 0) is 16.0 Å². The van der Waals surface area contributed by atoms with Crippen LogP contribution in [0.15, 0.2) is 34.7 Å². The predicted molar refractivity (Wildman–Crippen MR) is 107 cm³/mol. The van der Waals surface area contributed by atoms with E-state index in [9.17, 15) is 9.59 Å². The summed E-state index contributed by atoms with van der Waals surface area (Å²) in [5.41, 5.74) is 1.54. The molecule has 2 fully saturated rings. The average Bonchev–Trinajstić information content (AvgIpc) is 3.39.